The van der Waals surface area contributed by atoms with Gasteiger partial charge >= 0.3 is 0 Å². The number of aromatic nitrogens is 2. The lowest BCUT2D eigenvalue weighted by molar-refractivity contribution is -0.113. The highest BCUT2D eigenvalue weighted by molar-refractivity contribution is 7.99. The Labute approximate surface area is 187 Å². The number of piperazine rings is 1. The zero-order valence-electron chi connectivity index (χ0n) is 17.0. The second-order valence-corrected chi connectivity index (χ2v) is 8.10. The molecule has 1 aliphatic heterocycles. The van der Waals surface area contributed by atoms with E-state index in [1.165, 1.54) is 30.2 Å². The lowest BCUT2D eigenvalue weighted by atomic mass is 10.2. The number of hydrogen-bond acceptors (Lipinski definition) is 6. The fraction of sp³-hybridized carbons (Fsp3) is 0.227. The predicted molar refractivity (Wildman–Crippen MR) is 119 cm³/mol. The van der Waals surface area contributed by atoms with E-state index in [0.29, 0.717) is 43.0 Å². The van der Waals surface area contributed by atoms with Crippen molar-refractivity contribution in [1.82, 2.24) is 9.97 Å². The minimum Gasteiger partial charge on any atom is -0.366 e. The number of nitrogens with one attached hydrogen (secondary N) is 1. The summed E-state index contributed by atoms with van der Waals surface area (Å²) in [6, 6.07) is 11.5. The van der Waals surface area contributed by atoms with E-state index in [-0.39, 0.29) is 17.3 Å². The van der Waals surface area contributed by atoms with Gasteiger partial charge in [0.05, 0.1) is 17.1 Å². The van der Waals surface area contributed by atoms with Gasteiger partial charge in [-0.3, -0.25) is 4.79 Å². The molecule has 1 fully saturated rings. The minimum absolute atomic E-state index is 0.00827. The summed E-state index contributed by atoms with van der Waals surface area (Å²) in [6.45, 7) is 2.64. The largest absolute Gasteiger partial charge is 0.366 e. The topological polar surface area (TPSA) is 61.4 Å². The number of carbonyl (C=O) groups is 1. The molecule has 0 unspecified atom stereocenters. The van der Waals surface area contributed by atoms with Gasteiger partial charge in [-0.15, -0.1) is 0 Å². The molecule has 1 N–H and O–H groups in total. The molecule has 0 aliphatic carbocycles. The highest BCUT2D eigenvalue weighted by Gasteiger charge is 2.20. The standard InChI is InChI=1S/C22H20F3N5OS/c23-15-5-6-18(17(25)11-15)28-21(31)13-32-22-12-20(26-14-27-22)30-9-7-29(8-10-30)19-4-2-1-3-16(19)24/h1-6,11-12,14H,7-10,13H2,(H,28,31). The van der Waals surface area contributed by atoms with Gasteiger partial charge in [0, 0.05) is 38.3 Å². The number of amides is 1. The van der Waals surface area contributed by atoms with Crippen molar-refractivity contribution in [1.29, 1.82) is 0 Å². The summed E-state index contributed by atoms with van der Waals surface area (Å²) in [5.74, 6) is -1.48. The van der Waals surface area contributed by atoms with Crippen LogP contribution in [0.5, 0.6) is 0 Å². The average molecular weight is 459 g/mol. The smallest absolute Gasteiger partial charge is 0.234 e. The van der Waals surface area contributed by atoms with Gasteiger partial charge in [-0.2, -0.15) is 0 Å². The highest BCUT2D eigenvalue weighted by atomic mass is 32.2. The molecule has 1 saturated heterocycles. The van der Waals surface area contributed by atoms with Gasteiger partial charge in [0.25, 0.3) is 0 Å². The monoisotopic (exact) mass is 459 g/mol. The molecule has 32 heavy (non-hydrogen) atoms. The van der Waals surface area contributed by atoms with Crippen LogP contribution in [0.2, 0.25) is 0 Å². The number of benzene rings is 2. The Kier molecular flexibility index (Phi) is 6.79. The molecular weight excluding hydrogens is 439 g/mol. The first-order valence-corrected chi connectivity index (χ1v) is 10.9. The van der Waals surface area contributed by atoms with Gasteiger partial charge in [0.1, 0.15) is 34.6 Å². The number of nitrogens with zero attached hydrogens (tertiary/aromatic N) is 4. The third kappa shape index (κ3) is 5.31. The maximum absolute atomic E-state index is 14.0. The van der Waals surface area contributed by atoms with Gasteiger partial charge in [0.15, 0.2) is 0 Å². The summed E-state index contributed by atoms with van der Waals surface area (Å²) in [7, 11) is 0. The summed E-state index contributed by atoms with van der Waals surface area (Å²) >= 11 is 1.19. The van der Waals surface area contributed by atoms with E-state index >= 15 is 0 Å². The van der Waals surface area contributed by atoms with Crippen molar-refractivity contribution < 1.29 is 18.0 Å². The Bertz CT molecular complexity index is 1110. The number of thioether (sulfide) groups is 1. The third-order valence-electron chi connectivity index (χ3n) is 4.98. The molecule has 166 valence electrons. The van der Waals surface area contributed by atoms with Crippen LogP contribution in [0.15, 0.2) is 59.9 Å². The van der Waals surface area contributed by atoms with Crippen molar-refractivity contribution in [2.24, 2.45) is 0 Å². The van der Waals surface area contributed by atoms with Crippen LogP contribution in [-0.4, -0.2) is 47.8 Å². The van der Waals surface area contributed by atoms with Crippen LogP contribution in [0.1, 0.15) is 0 Å². The van der Waals surface area contributed by atoms with Crippen LogP contribution in [-0.2, 0) is 4.79 Å². The van der Waals surface area contributed by atoms with Crippen molar-refractivity contribution in [3.63, 3.8) is 0 Å². The average Bonchev–Trinajstić information content (AvgIpc) is 2.80. The predicted octanol–water partition coefficient (Wildman–Crippen LogP) is 3.95. The lowest BCUT2D eigenvalue weighted by Gasteiger charge is -2.36. The van der Waals surface area contributed by atoms with Crippen molar-refractivity contribution in [3.05, 3.63) is 72.3 Å². The van der Waals surface area contributed by atoms with Gasteiger partial charge < -0.3 is 15.1 Å². The van der Waals surface area contributed by atoms with Crippen LogP contribution in [0.3, 0.4) is 0 Å². The van der Waals surface area contributed by atoms with Crippen LogP contribution in [0, 0.1) is 17.5 Å². The summed E-state index contributed by atoms with van der Waals surface area (Å²) in [5, 5.41) is 3.02. The number of anilines is 3. The number of hydrogen-bond donors (Lipinski definition) is 1. The van der Waals surface area contributed by atoms with Crippen molar-refractivity contribution >= 4 is 34.9 Å². The lowest BCUT2D eigenvalue weighted by Crippen LogP contribution is -2.47. The van der Waals surface area contributed by atoms with E-state index < -0.39 is 17.5 Å². The highest BCUT2D eigenvalue weighted by Crippen LogP contribution is 2.24. The Morgan fingerprint density at radius 3 is 2.44 bits per heavy atom. The Morgan fingerprint density at radius 1 is 0.938 bits per heavy atom. The molecule has 1 amide bonds. The minimum atomic E-state index is -0.831. The molecule has 0 spiro atoms. The first kappa shape index (κ1) is 21.9. The third-order valence-corrected chi connectivity index (χ3v) is 5.91. The van der Waals surface area contributed by atoms with Crippen molar-refractivity contribution in [3.8, 4) is 0 Å². The Morgan fingerprint density at radius 2 is 1.69 bits per heavy atom. The van der Waals surface area contributed by atoms with E-state index in [1.54, 1.807) is 18.2 Å². The molecule has 2 aromatic carbocycles. The second kappa shape index (κ2) is 9.90. The van der Waals surface area contributed by atoms with E-state index in [4.69, 9.17) is 0 Å². The fourth-order valence-electron chi connectivity index (χ4n) is 3.38. The first-order valence-electron chi connectivity index (χ1n) is 9.94. The zero-order valence-corrected chi connectivity index (χ0v) is 17.8. The van der Waals surface area contributed by atoms with Gasteiger partial charge in [-0.25, -0.2) is 23.1 Å². The molecule has 6 nitrogen and oxygen atoms in total. The molecule has 0 radical (unpaired) electrons. The summed E-state index contributed by atoms with van der Waals surface area (Å²) < 4.78 is 40.7. The molecule has 10 heteroatoms. The molecular formula is C22H20F3N5OS. The first-order chi connectivity index (χ1) is 15.5. The fourth-order valence-corrected chi connectivity index (χ4v) is 4.04. The number of para-hydroxylation sites is 1. The second-order valence-electron chi connectivity index (χ2n) is 7.10. The molecule has 0 saturated carbocycles. The van der Waals surface area contributed by atoms with E-state index in [9.17, 15) is 18.0 Å². The van der Waals surface area contributed by atoms with E-state index in [2.05, 4.69) is 20.2 Å². The molecule has 2 heterocycles. The molecule has 0 atom stereocenters. The van der Waals surface area contributed by atoms with Gasteiger partial charge in [-0.1, -0.05) is 23.9 Å². The van der Waals surface area contributed by atoms with E-state index in [1.807, 2.05) is 11.0 Å². The normalized spacial score (nSPS) is 13.8. The molecule has 1 aromatic heterocycles. The number of rotatable bonds is 6. The Hall–Kier alpha value is -3.27. The van der Waals surface area contributed by atoms with E-state index in [0.717, 1.165) is 11.9 Å². The molecule has 0 bridgehead atoms. The molecule has 3 aromatic rings. The zero-order chi connectivity index (χ0) is 22.5. The summed E-state index contributed by atoms with van der Waals surface area (Å²) in [5.41, 5.74) is 0.516. The van der Waals surface area contributed by atoms with Crippen LogP contribution >= 0.6 is 11.8 Å². The van der Waals surface area contributed by atoms with Crippen LogP contribution in [0.4, 0.5) is 30.4 Å². The molecule has 4 rings (SSSR count). The van der Waals surface area contributed by atoms with Crippen molar-refractivity contribution in [2.45, 2.75) is 5.03 Å². The van der Waals surface area contributed by atoms with Gasteiger partial charge in [0.2, 0.25) is 5.91 Å². The number of carbonyl (C=O) groups excluding carboxylic acids is 1. The maximum Gasteiger partial charge on any atom is 0.234 e. The van der Waals surface area contributed by atoms with Crippen LogP contribution < -0.4 is 15.1 Å². The SMILES string of the molecule is O=C(CSc1cc(N2CCN(c3ccccc3F)CC2)ncn1)Nc1ccc(F)cc1F. The maximum atomic E-state index is 14.0. The Balaban J connectivity index is 1.32. The van der Waals surface area contributed by atoms with Gasteiger partial charge in [-0.05, 0) is 24.3 Å². The van der Waals surface area contributed by atoms with Crippen molar-refractivity contribution in [2.75, 3.05) is 47.0 Å². The summed E-state index contributed by atoms with van der Waals surface area (Å²) in [4.78, 5) is 24.7. The quantitative estimate of drug-likeness (QED) is 0.445. The van der Waals surface area contributed by atoms with Crippen LogP contribution in [0.25, 0.3) is 0 Å². The summed E-state index contributed by atoms with van der Waals surface area (Å²) in [6.07, 6.45) is 1.43. The number of halogens is 3. The molecule has 1 aliphatic rings.